The molecule has 0 atom stereocenters. The number of hydrogen-bond acceptors (Lipinski definition) is 4. The second-order valence-corrected chi connectivity index (χ2v) is 8.70. The Kier molecular flexibility index (Phi) is 7.77. The number of nitrogens with zero attached hydrogens (tertiary/aromatic N) is 2. The molecule has 2 aliphatic rings. The molecule has 0 radical (unpaired) electrons. The summed E-state index contributed by atoms with van der Waals surface area (Å²) in [5, 5.41) is 18.8. The summed E-state index contributed by atoms with van der Waals surface area (Å²) < 4.78 is 0. The number of likely N-dealkylation sites (tertiary alicyclic amines) is 1. The van der Waals surface area contributed by atoms with Crippen LogP contribution < -0.4 is 10.6 Å². The minimum absolute atomic E-state index is 0.105. The van der Waals surface area contributed by atoms with Gasteiger partial charge in [0, 0.05) is 30.6 Å². The standard InChI is InChI=1S/C20H34N4OS/c1-2-21-20(23-17-5-7-18(25)8-6-17)22-14-16-9-11-24(12-10-16)15-19-4-3-13-26-19/h3-4,13,16-18,25H,2,5-12,14-15H2,1H3,(H2,21,22,23). The summed E-state index contributed by atoms with van der Waals surface area (Å²) in [6.45, 7) is 7.39. The minimum atomic E-state index is -0.105. The molecule has 1 saturated carbocycles. The molecule has 1 aromatic rings. The highest BCUT2D eigenvalue weighted by molar-refractivity contribution is 7.09. The zero-order valence-electron chi connectivity index (χ0n) is 16.0. The number of piperidine rings is 1. The summed E-state index contributed by atoms with van der Waals surface area (Å²) in [5.74, 6) is 1.65. The van der Waals surface area contributed by atoms with Crippen LogP contribution in [0.5, 0.6) is 0 Å². The van der Waals surface area contributed by atoms with Gasteiger partial charge in [0.25, 0.3) is 0 Å². The number of aliphatic hydroxyl groups excluding tert-OH is 1. The molecule has 6 heteroatoms. The average Bonchev–Trinajstić information content (AvgIpc) is 3.16. The molecule has 0 bridgehead atoms. The van der Waals surface area contributed by atoms with Crippen molar-refractivity contribution in [2.75, 3.05) is 26.2 Å². The van der Waals surface area contributed by atoms with E-state index in [9.17, 15) is 5.11 Å². The molecular formula is C20H34N4OS. The zero-order valence-corrected chi connectivity index (χ0v) is 16.8. The highest BCUT2D eigenvalue weighted by atomic mass is 32.1. The maximum Gasteiger partial charge on any atom is 0.191 e. The van der Waals surface area contributed by atoms with E-state index in [1.165, 1.54) is 30.8 Å². The molecule has 2 fully saturated rings. The van der Waals surface area contributed by atoms with Crippen LogP contribution in [0.25, 0.3) is 0 Å². The van der Waals surface area contributed by atoms with Crippen LogP contribution in [-0.4, -0.2) is 54.3 Å². The van der Waals surface area contributed by atoms with E-state index >= 15 is 0 Å². The summed E-state index contributed by atoms with van der Waals surface area (Å²) in [6.07, 6.45) is 6.25. The van der Waals surface area contributed by atoms with E-state index in [4.69, 9.17) is 4.99 Å². The van der Waals surface area contributed by atoms with Crippen molar-refractivity contribution in [2.24, 2.45) is 10.9 Å². The number of aliphatic imine (C=N–C) groups is 1. The van der Waals surface area contributed by atoms with Gasteiger partial charge in [-0.15, -0.1) is 11.3 Å². The van der Waals surface area contributed by atoms with Gasteiger partial charge in [-0.2, -0.15) is 0 Å². The lowest BCUT2D eigenvalue weighted by atomic mass is 9.93. The molecule has 0 spiro atoms. The fourth-order valence-corrected chi connectivity index (χ4v) is 4.65. The first-order valence-corrected chi connectivity index (χ1v) is 11.1. The van der Waals surface area contributed by atoms with Gasteiger partial charge >= 0.3 is 0 Å². The van der Waals surface area contributed by atoms with Gasteiger partial charge in [0.2, 0.25) is 0 Å². The summed E-state index contributed by atoms with van der Waals surface area (Å²) in [5.41, 5.74) is 0. The number of guanidine groups is 1. The molecule has 2 heterocycles. The van der Waals surface area contributed by atoms with Gasteiger partial charge in [-0.05, 0) is 75.9 Å². The van der Waals surface area contributed by atoms with Gasteiger partial charge in [0.15, 0.2) is 5.96 Å². The van der Waals surface area contributed by atoms with Crippen LogP contribution >= 0.6 is 11.3 Å². The molecule has 0 amide bonds. The monoisotopic (exact) mass is 378 g/mol. The van der Waals surface area contributed by atoms with Gasteiger partial charge in [-0.25, -0.2) is 0 Å². The molecule has 0 unspecified atom stereocenters. The molecule has 0 aromatic carbocycles. The first kappa shape index (κ1) is 19.6. The molecule has 146 valence electrons. The molecule has 1 aromatic heterocycles. The van der Waals surface area contributed by atoms with Crippen molar-refractivity contribution in [3.63, 3.8) is 0 Å². The summed E-state index contributed by atoms with van der Waals surface area (Å²) >= 11 is 1.86. The van der Waals surface area contributed by atoms with Gasteiger partial charge in [0.05, 0.1) is 6.10 Å². The third kappa shape index (κ3) is 6.25. The second kappa shape index (κ2) is 10.3. The van der Waals surface area contributed by atoms with Gasteiger partial charge in [-0.3, -0.25) is 9.89 Å². The number of thiophene rings is 1. The Hall–Kier alpha value is -1.11. The van der Waals surface area contributed by atoms with Crippen LogP contribution in [0.4, 0.5) is 0 Å². The average molecular weight is 379 g/mol. The van der Waals surface area contributed by atoms with E-state index in [1.54, 1.807) is 0 Å². The predicted octanol–water partition coefficient (Wildman–Crippen LogP) is 2.82. The van der Waals surface area contributed by atoms with E-state index in [2.05, 4.69) is 40.0 Å². The molecule has 3 rings (SSSR count). The van der Waals surface area contributed by atoms with Crippen molar-refractivity contribution in [2.45, 2.75) is 64.1 Å². The highest BCUT2D eigenvalue weighted by Gasteiger charge is 2.21. The molecule has 5 nitrogen and oxygen atoms in total. The lowest BCUT2D eigenvalue weighted by molar-refractivity contribution is 0.120. The number of rotatable bonds is 6. The summed E-state index contributed by atoms with van der Waals surface area (Å²) in [6, 6.07) is 4.83. The molecular weight excluding hydrogens is 344 g/mol. The molecule has 3 N–H and O–H groups in total. The number of nitrogens with one attached hydrogen (secondary N) is 2. The zero-order chi connectivity index (χ0) is 18.2. The molecule has 1 aliphatic heterocycles. The lowest BCUT2D eigenvalue weighted by Gasteiger charge is -2.31. The van der Waals surface area contributed by atoms with Crippen LogP contribution in [0.3, 0.4) is 0 Å². The Morgan fingerprint density at radius 2 is 2.00 bits per heavy atom. The SMILES string of the molecule is CCNC(=NCC1CCN(Cc2cccs2)CC1)NC1CCC(O)CC1. The molecule has 1 saturated heterocycles. The van der Waals surface area contributed by atoms with Gasteiger partial charge in [0.1, 0.15) is 0 Å². The van der Waals surface area contributed by atoms with Crippen molar-refractivity contribution in [1.82, 2.24) is 15.5 Å². The maximum atomic E-state index is 9.66. The minimum Gasteiger partial charge on any atom is -0.393 e. The van der Waals surface area contributed by atoms with E-state index < -0.39 is 0 Å². The smallest absolute Gasteiger partial charge is 0.191 e. The fraction of sp³-hybridized carbons (Fsp3) is 0.750. The van der Waals surface area contributed by atoms with Crippen molar-refractivity contribution in [3.8, 4) is 0 Å². The first-order valence-electron chi connectivity index (χ1n) is 10.2. The van der Waals surface area contributed by atoms with E-state index in [0.29, 0.717) is 12.0 Å². The van der Waals surface area contributed by atoms with Crippen molar-refractivity contribution in [1.29, 1.82) is 0 Å². The molecule has 26 heavy (non-hydrogen) atoms. The Labute approximate surface area is 161 Å². The van der Waals surface area contributed by atoms with E-state index in [1.807, 2.05) is 11.3 Å². The second-order valence-electron chi connectivity index (χ2n) is 7.67. The van der Waals surface area contributed by atoms with Crippen molar-refractivity contribution < 1.29 is 5.11 Å². The van der Waals surface area contributed by atoms with E-state index in [0.717, 1.165) is 51.3 Å². The van der Waals surface area contributed by atoms with E-state index in [-0.39, 0.29) is 6.10 Å². The maximum absolute atomic E-state index is 9.66. The van der Waals surface area contributed by atoms with Gasteiger partial charge < -0.3 is 15.7 Å². The van der Waals surface area contributed by atoms with Crippen LogP contribution in [0.1, 0.15) is 50.3 Å². The Balaban J connectivity index is 1.41. The van der Waals surface area contributed by atoms with Crippen molar-refractivity contribution >= 4 is 17.3 Å². The number of aliphatic hydroxyl groups is 1. The van der Waals surface area contributed by atoms with Gasteiger partial charge in [-0.1, -0.05) is 6.07 Å². The van der Waals surface area contributed by atoms with Crippen LogP contribution in [0, 0.1) is 5.92 Å². The quantitative estimate of drug-likeness (QED) is 0.526. The summed E-state index contributed by atoms with van der Waals surface area (Å²) in [7, 11) is 0. The third-order valence-corrected chi connectivity index (χ3v) is 6.42. The largest absolute Gasteiger partial charge is 0.393 e. The summed E-state index contributed by atoms with van der Waals surface area (Å²) in [4.78, 5) is 8.91. The normalized spacial score (nSPS) is 26.0. The van der Waals surface area contributed by atoms with Crippen LogP contribution in [0.15, 0.2) is 22.5 Å². The van der Waals surface area contributed by atoms with Crippen molar-refractivity contribution in [3.05, 3.63) is 22.4 Å². The number of hydrogen-bond donors (Lipinski definition) is 3. The molecule has 1 aliphatic carbocycles. The highest BCUT2D eigenvalue weighted by Crippen LogP contribution is 2.21. The third-order valence-electron chi connectivity index (χ3n) is 5.56. The first-order chi connectivity index (χ1) is 12.7. The lowest BCUT2D eigenvalue weighted by Crippen LogP contribution is -2.45. The Morgan fingerprint density at radius 1 is 1.23 bits per heavy atom. The van der Waals surface area contributed by atoms with Crippen LogP contribution in [0.2, 0.25) is 0 Å². The Morgan fingerprint density at radius 3 is 2.65 bits per heavy atom. The van der Waals surface area contributed by atoms with Crippen LogP contribution in [-0.2, 0) is 6.54 Å². The predicted molar refractivity (Wildman–Crippen MR) is 110 cm³/mol. The fourth-order valence-electron chi connectivity index (χ4n) is 3.90. The Bertz CT molecular complexity index is 532. The topological polar surface area (TPSA) is 59.9 Å².